The number of piperidine rings is 1. The Hall–Kier alpha value is -2.89. The summed E-state index contributed by atoms with van der Waals surface area (Å²) in [6.45, 7) is 2.45. The molecule has 2 unspecified atom stereocenters. The minimum atomic E-state index is -0.961. The number of para-hydroxylation sites is 1. The molecule has 6 nitrogen and oxygen atoms in total. The molecule has 0 aliphatic carbocycles. The summed E-state index contributed by atoms with van der Waals surface area (Å²) < 4.78 is 5.60. The van der Waals surface area contributed by atoms with Crippen LogP contribution in [0.4, 0.5) is 0 Å². The van der Waals surface area contributed by atoms with Gasteiger partial charge in [0.1, 0.15) is 11.8 Å². The van der Waals surface area contributed by atoms with Gasteiger partial charge >= 0.3 is 5.97 Å². The zero-order valence-electron chi connectivity index (χ0n) is 14.0. The lowest BCUT2D eigenvalue weighted by molar-refractivity contribution is -0.144. The molecule has 1 saturated heterocycles. The predicted molar refractivity (Wildman–Crippen MR) is 91.6 cm³/mol. The van der Waals surface area contributed by atoms with Crippen molar-refractivity contribution in [3.05, 3.63) is 54.2 Å². The van der Waals surface area contributed by atoms with Crippen LogP contribution in [-0.2, 0) is 4.79 Å². The van der Waals surface area contributed by atoms with Gasteiger partial charge in [-0.3, -0.25) is 4.79 Å². The Morgan fingerprint density at radius 3 is 2.60 bits per heavy atom. The van der Waals surface area contributed by atoms with Crippen molar-refractivity contribution >= 4 is 11.9 Å². The van der Waals surface area contributed by atoms with E-state index in [1.807, 2.05) is 37.3 Å². The van der Waals surface area contributed by atoms with Crippen molar-refractivity contribution < 1.29 is 19.4 Å². The van der Waals surface area contributed by atoms with Crippen LogP contribution in [0, 0.1) is 5.92 Å². The van der Waals surface area contributed by atoms with Gasteiger partial charge < -0.3 is 14.7 Å². The van der Waals surface area contributed by atoms with Crippen LogP contribution in [0.15, 0.2) is 48.7 Å². The van der Waals surface area contributed by atoms with Gasteiger partial charge in [0.05, 0.1) is 5.56 Å². The minimum Gasteiger partial charge on any atom is -0.480 e. The molecule has 0 spiro atoms. The number of carboxylic acids is 1. The second-order valence-electron chi connectivity index (χ2n) is 6.28. The summed E-state index contributed by atoms with van der Waals surface area (Å²) in [5.74, 6) is 0.0645. The van der Waals surface area contributed by atoms with Crippen LogP contribution in [0.3, 0.4) is 0 Å². The maximum absolute atomic E-state index is 12.7. The van der Waals surface area contributed by atoms with Crippen molar-refractivity contribution in [2.24, 2.45) is 5.92 Å². The van der Waals surface area contributed by atoms with Gasteiger partial charge in [0, 0.05) is 18.8 Å². The highest BCUT2D eigenvalue weighted by atomic mass is 16.5. The number of likely N-dealkylation sites (tertiary alicyclic amines) is 1. The number of aliphatic carboxylic acids is 1. The number of pyridine rings is 1. The molecule has 0 saturated carbocycles. The Bertz CT molecular complexity index is 746. The SMILES string of the molecule is CC1CCN(C(=O)c2ccc(Oc3ccccc3)nc2)C(C(=O)O)C1. The summed E-state index contributed by atoms with van der Waals surface area (Å²) >= 11 is 0. The van der Waals surface area contributed by atoms with Gasteiger partial charge in [-0.1, -0.05) is 25.1 Å². The van der Waals surface area contributed by atoms with E-state index in [0.717, 1.165) is 6.42 Å². The summed E-state index contributed by atoms with van der Waals surface area (Å²) in [6, 6.07) is 11.7. The molecule has 130 valence electrons. The third-order valence-electron chi connectivity index (χ3n) is 4.36. The highest BCUT2D eigenvalue weighted by molar-refractivity contribution is 5.96. The summed E-state index contributed by atoms with van der Waals surface area (Å²) in [5, 5.41) is 9.40. The Morgan fingerprint density at radius 1 is 1.20 bits per heavy atom. The van der Waals surface area contributed by atoms with Gasteiger partial charge in [0.25, 0.3) is 5.91 Å². The van der Waals surface area contributed by atoms with Gasteiger partial charge in [-0.25, -0.2) is 9.78 Å². The van der Waals surface area contributed by atoms with Crippen LogP contribution < -0.4 is 4.74 Å². The van der Waals surface area contributed by atoms with E-state index in [1.165, 1.54) is 11.1 Å². The summed E-state index contributed by atoms with van der Waals surface area (Å²) in [6.07, 6.45) is 2.71. The molecule has 6 heteroatoms. The lowest BCUT2D eigenvalue weighted by Gasteiger charge is -2.36. The van der Waals surface area contributed by atoms with E-state index in [-0.39, 0.29) is 5.91 Å². The number of amides is 1. The molecule has 2 heterocycles. The predicted octanol–water partition coefficient (Wildman–Crippen LogP) is 3.20. The number of hydrogen-bond acceptors (Lipinski definition) is 4. The van der Waals surface area contributed by atoms with Gasteiger partial charge in [0.15, 0.2) is 0 Å². The molecule has 0 bridgehead atoms. The van der Waals surface area contributed by atoms with E-state index in [9.17, 15) is 14.7 Å². The molecule has 1 fully saturated rings. The number of aromatic nitrogens is 1. The normalized spacial score (nSPS) is 20.1. The number of carbonyl (C=O) groups is 2. The molecule has 3 rings (SSSR count). The maximum atomic E-state index is 12.7. The fraction of sp³-hybridized carbons (Fsp3) is 0.316. The van der Waals surface area contributed by atoms with Crippen LogP contribution in [0.2, 0.25) is 0 Å². The van der Waals surface area contributed by atoms with Gasteiger partial charge in [-0.15, -0.1) is 0 Å². The van der Waals surface area contributed by atoms with E-state index < -0.39 is 12.0 Å². The zero-order chi connectivity index (χ0) is 17.8. The fourth-order valence-corrected chi connectivity index (χ4v) is 2.96. The first-order valence-corrected chi connectivity index (χ1v) is 8.27. The molecular formula is C19H20N2O4. The molecular weight excluding hydrogens is 320 g/mol. The summed E-state index contributed by atoms with van der Waals surface area (Å²) in [4.78, 5) is 29.7. The van der Waals surface area contributed by atoms with Crippen molar-refractivity contribution in [3.8, 4) is 11.6 Å². The topological polar surface area (TPSA) is 79.7 Å². The summed E-state index contributed by atoms with van der Waals surface area (Å²) in [5.41, 5.74) is 0.362. The van der Waals surface area contributed by atoms with Crippen molar-refractivity contribution in [2.45, 2.75) is 25.8 Å². The first-order chi connectivity index (χ1) is 12.0. The van der Waals surface area contributed by atoms with Crippen molar-refractivity contribution in [2.75, 3.05) is 6.54 Å². The van der Waals surface area contributed by atoms with Crippen LogP contribution in [0.5, 0.6) is 11.6 Å². The van der Waals surface area contributed by atoms with Crippen LogP contribution >= 0.6 is 0 Å². The molecule has 1 aromatic carbocycles. The Balaban J connectivity index is 1.73. The number of hydrogen-bond donors (Lipinski definition) is 1. The lowest BCUT2D eigenvalue weighted by Crippen LogP contribution is -2.49. The molecule has 1 amide bonds. The average molecular weight is 340 g/mol. The monoisotopic (exact) mass is 340 g/mol. The van der Waals surface area contributed by atoms with E-state index >= 15 is 0 Å². The van der Waals surface area contributed by atoms with Gasteiger partial charge in [-0.05, 0) is 37.0 Å². The summed E-state index contributed by atoms with van der Waals surface area (Å²) in [7, 11) is 0. The number of rotatable bonds is 4. The molecule has 1 aliphatic heterocycles. The minimum absolute atomic E-state index is 0.296. The van der Waals surface area contributed by atoms with E-state index in [0.29, 0.717) is 36.1 Å². The number of ether oxygens (including phenoxy) is 1. The third kappa shape index (κ3) is 3.96. The Kier molecular flexibility index (Phi) is 4.97. The molecule has 2 aromatic rings. The zero-order valence-corrected chi connectivity index (χ0v) is 14.0. The van der Waals surface area contributed by atoms with Crippen molar-refractivity contribution in [1.82, 2.24) is 9.88 Å². The molecule has 2 atom stereocenters. The largest absolute Gasteiger partial charge is 0.480 e. The second-order valence-corrected chi connectivity index (χ2v) is 6.28. The molecule has 1 N–H and O–H groups in total. The first-order valence-electron chi connectivity index (χ1n) is 8.27. The van der Waals surface area contributed by atoms with E-state index in [2.05, 4.69) is 4.98 Å². The highest BCUT2D eigenvalue weighted by Crippen LogP contribution is 2.25. The number of carboxylic acid groups (broad SMARTS) is 1. The number of nitrogens with zero attached hydrogens (tertiary/aromatic N) is 2. The van der Waals surface area contributed by atoms with E-state index in [1.54, 1.807) is 12.1 Å². The fourth-order valence-electron chi connectivity index (χ4n) is 2.96. The number of benzene rings is 1. The molecule has 0 radical (unpaired) electrons. The standard InChI is InChI=1S/C19H20N2O4/c1-13-9-10-21(16(11-13)19(23)24)18(22)14-7-8-17(20-12-14)25-15-5-3-2-4-6-15/h2-8,12-13,16H,9-11H2,1H3,(H,23,24). The molecule has 25 heavy (non-hydrogen) atoms. The van der Waals surface area contributed by atoms with Crippen LogP contribution in [0.1, 0.15) is 30.1 Å². The Labute approximate surface area is 146 Å². The number of carbonyl (C=O) groups excluding carboxylic acids is 1. The van der Waals surface area contributed by atoms with Crippen LogP contribution in [0.25, 0.3) is 0 Å². The average Bonchev–Trinajstić information content (AvgIpc) is 2.62. The van der Waals surface area contributed by atoms with Crippen LogP contribution in [-0.4, -0.2) is 39.5 Å². The maximum Gasteiger partial charge on any atom is 0.326 e. The Morgan fingerprint density at radius 2 is 1.96 bits per heavy atom. The quantitative estimate of drug-likeness (QED) is 0.924. The first kappa shape index (κ1) is 17.0. The second kappa shape index (κ2) is 7.34. The van der Waals surface area contributed by atoms with Gasteiger partial charge in [0.2, 0.25) is 5.88 Å². The van der Waals surface area contributed by atoms with Crippen molar-refractivity contribution in [1.29, 1.82) is 0 Å². The molecule has 1 aliphatic rings. The van der Waals surface area contributed by atoms with Gasteiger partial charge in [-0.2, -0.15) is 0 Å². The lowest BCUT2D eigenvalue weighted by atomic mass is 9.92. The smallest absolute Gasteiger partial charge is 0.326 e. The van der Waals surface area contributed by atoms with E-state index in [4.69, 9.17) is 4.74 Å². The molecule has 1 aromatic heterocycles. The highest BCUT2D eigenvalue weighted by Gasteiger charge is 2.35. The third-order valence-corrected chi connectivity index (χ3v) is 4.36. The van der Waals surface area contributed by atoms with Crippen molar-refractivity contribution in [3.63, 3.8) is 0 Å².